The smallest absolute Gasteiger partial charge is 0.368 e. The minimum Gasteiger partial charge on any atom is -0.368 e. The van der Waals surface area contributed by atoms with Crippen LogP contribution < -0.4 is 0 Å². The molecule has 3 N–H and O–H groups in total. The number of rotatable bonds is 14. The molecular formula is C14H32O4Si. The molecule has 0 aliphatic carbocycles. The number of hydrogen-bond acceptors (Lipinski definition) is 4. The molecule has 116 valence electrons. The average Bonchev–Trinajstić information content (AvgIpc) is 2.34. The molecule has 19 heavy (non-hydrogen) atoms. The Labute approximate surface area is 119 Å². The molecule has 0 aliphatic rings. The van der Waals surface area contributed by atoms with Crippen molar-refractivity contribution in [1.82, 2.24) is 0 Å². The Morgan fingerprint density at radius 2 is 1.00 bits per heavy atom. The zero-order valence-corrected chi connectivity index (χ0v) is 13.4. The molecule has 0 saturated carbocycles. The summed E-state index contributed by atoms with van der Waals surface area (Å²) in [6.45, 7) is 2.49. The lowest BCUT2D eigenvalue weighted by molar-refractivity contribution is 0.0618. The second kappa shape index (κ2) is 13.1. The molecular weight excluding hydrogens is 260 g/mol. The van der Waals surface area contributed by atoms with Gasteiger partial charge >= 0.3 is 9.05 Å². The van der Waals surface area contributed by atoms with Gasteiger partial charge in [-0.3, -0.25) is 0 Å². The third-order valence-corrected chi connectivity index (χ3v) is 3.89. The predicted molar refractivity (Wildman–Crippen MR) is 79.4 cm³/mol. The molecule has 0 aromatic heterocycles. The Hall–Kier alpha value is 0.0569. The van der Waals surface area contributed by atoms with Crippen LogP contribution >= 0.6 is 0 Å². The summed E-state index contributed by atoms with van der Waals surface area (Å²) >= 11 is 0. The van der Waals surface area contributed by atoms with E-state index < -0.39 is 9.05 Å². The van der Waals surface area contributed by atoms with Gasteiger partial charge in [-0.25, -0.2) is 0 Å². The largest absolute Gasteiger partial charge is 0.671 e. The van der Waals surface area contributed by atoms with Crippen molar-refractivity contribution in [2.24, 2.45) is 0 Å². The molecule has 0 aromatic carbocycles. The van der Waals surface area contributed by atoms with Gasteiger partial charge in [-0.15, -0.1) is 0 Å². The van der Waals surface area contributed by atoms with Crippen LogP contribution in [-0.2, 0) is 4.43 Å². The molecule has 0 aromatic rings. The first-order chi connectivity index (χ1) is 9.06. The average molecular weight is 292 g/mol. The highest BCUT2D eigenvalue weighted by atomic mass is 28.4. The zero-order chi connectivity index (χ0) is 14.4. The van der Waals surface area contributed by atoms with Crippen LogP contribution in [0.4, 0.5) is 0 Å². The fraction of sp³-hybridized carbons (Fsp3) is 1.00. The fourth-order valence-electron chi connectivity index (χ4n) is 2.15. The molecule has 0 rings (SSSR count). The molecule has 5 heteroatoms. The normalized spacial score (nSPS) is 12.0. The van der Waals surface area contributed by atoms with Crippen molar-refractivity contribution in [3.05, 3.63) is 0 Å². The highest BCUT2D eigenvalue weighted by Crippen LogP contribution is 2.11. The van der Waals surface area contributed by atoms with E-state index in [1.54, 1.807) is 0 Å². The molecule has 0 bridgehead atoms. The molecule has 0 fully saturated rings. The maximum atomic E-state index is 8.62. The van der Waals surface area contributed by atoms with Gasteiger partial charge in [-0.1, -0.05) is 77.6 Å². The van der Waals surface area contributed by atoms with Gasteiger partial charge in [0.2, 0.25) is 0 Å². The topological polar surface area (TPSA) is 69.9 Å². The minimum absolute atomic E-state index is 0.243. The van der Waals surface area contributed by atoms with Crippen molar-refractivity contribution in [1.29, 1.82) is 0 Å². The van der Waals surface area contributed by atoms with E-state index >= 15 is 0 Å². The van der Waals surface area contributed by atoms with Gasteiger partial charge in [-0.2, -0.15) is 0 Å². The quantitative estimate of drug-likeness (QED) is 0.340. The van der Waals surface area contributed by atoms with Crippen molar-refractivity contribution < 1.29 is 18.8 Å². The van der Waals surface area contributed by atoms with Crippen LogP contribution in [0, 0.1) is 0 Å². The highest BCUT2D eigenvalue weighted by molar-refractivity contribution is 6.48. The van der Waals surface area contributed by atoms with Crippen LogP contribution in [0.25, 0.3) is 0 Å². The maximum Gasteiger partial charge on any atom is 0.671 e. The van der Waals surface area contributed by atoms with Gasteiger partial charge in [0.05, 0.1) is 0 Å². The van der Waals surface area contributed by atoms with E-state index in [1.807, 2.05) is 0 Å². The molecule has 0 saturated heterocycles. The Morgan fingerprint density at radius 3 is 1.37 bits per heavy atom. The molecule has 0 atom stereocenters. The molecule has 4 nitrogen and oxygen atoms in total. The van der Waals surface area contributed by atoms with E-state index in [0.29, 0.717) is 0 Å². The zero-order valence-electron chi connectivity index (χ0n) is 12.4. The highest BCUT2D eigenvalue weighted by Gasteiger charge is 2.29. The summed E-state index contributed by atoms with van der Waals surface area (Å²) in [6, 6.07) is 0. The van der Waals surface area contributed by atoms with Crippen LogP contribution in [0.1, 0.15) is 84.0 Å². The van der Waals surface area contributed by atoms with E-state index in [-0.39, 0.29) is 6.61 Å². The lowest BCUT2D eigenvalue weighted by atomic mass is 10.1. The van der Waals surface area contributed by atoms with Crippen LogP contribution in [0.5, 0.6) is 0 Å². The first-order valence-corrected chi connectivity index (χ1v) is 9.62. The molecule has 0 amide bonds. The van der Waals surface area contributed by atoms with E-state index in [4.69, 9.17) is 14.4 Å². The van der Waals surface area contributed by atoms with Gasteiger partial charge in [-0.05, 0) is 6.42 Å². The van der Waals surface area contributed by atoms with E-state index in [9.17, 15) is 0 Å². The molecule has 0 spiro atoms. The van der Waals surface area contributed by atoms with Crippen molar-refractivity contribution in [2.45, 2.75) is 84.0 Å². The summed E-state index contributed by atoms with van der Waals surface area (Å²) in [5.74, 6) is 0. The monoisotopic (exact) mass is 292 g/mol. The maximum absolute atomic E-state index is 8.62. The summed E-state index contributed by atoms with van der Waals surface area (Å²) in [5, 5.41) is 0. The first-order valence-electron chi connectivity index (χ1n) is 7.87. The molecule has 0 aliphatic heterocycles. The molecule has 0 unspecified atom stereocenters. The molecule has 0 heterocycles. The second-order valence-corrected chi connectivity index (χ2v) is 6.75. The van der Waals surface area contributed by atoms with Crippen LogP contribution in [0.3, 0.4) is 0 Å². The number of unbranched alkanes of at least 4 members (excludes halogenated alkanes) is 11. The van der Waals surface area contributed by atoms with Crippen LogP contribution in [0.2, 0.25) is 0 Å². The van der Waals surface area contributed by atoms with Crippen molar-refractivity contribution in [2.75, 3.05) is 6.61 Å². The van der Waals surface area contributed by atoms with Crippen molar-refractivity contribution in [3.63, 3.8) is 0 Å². The summed E-state index contributed by atoms with van der Waals surface area (Å²) in [4.78, 5) is 25.9. The second-order valence-electron chi connectivity index (χ2n) is 5.31. The third kappa shape index (κ3) is 18.1. The first kappa shape index (κ1) is 19.1. The predicted octanol–water partition coefficient (Wildman–Crippen LogP) is 3.12. The van der Waals surface area contributed by atoms with Gasteiger partial charge in [0.15, 0.2) is 0 Å². The summed E-state index contributed by atoms with van der Waals surface area (Å²) < 4.78 is 4.53. The van der Waals surface area contributed by atoms with Gasteiger partial charge in [0.1, 0.15) is 0 Å². The summed E-state index contributed by atoms with van der Waals surface area (Å²) in [6.07, 6.45) is 15.1. The van der Waals surface area contributed by atoms with Gasteiger partial charge < -0.3 is 18.8 Å². The Balaban J connectivity index is 2.99. The molecule has 0 radical (unpaired) electrons. The third-order valence-electron chi connectivity index (χ3n) is 3.29. The van der Waals surface area contributed by atoms with Crippen molar-refractivity contribution >= 4 is 9.05 Å². The van der Waals surface area contributed by atoms with Crippen molar-refractivity contribution in [3.8, 4) is 0 Å². The van der Waals surface area contributed by atoms with Gasteiger partial charge in [0, 0.05) is 6.61 Å². The fourth-order valence-corrected chi connectivity index (χ4v) is 2.57. The lowest BCUT2D eigenvalue weighted by Crippen LogP contribution is -2.39. The number of hydrogen-bond donors (Lipinski definition) is 3. The van der Waals surface area contributed by atoms with Crippen LogP contribution in [-0.4, -0.2) is 30.0 Å². The Morgan fingerprint density at radius 1 is 0.632 bits per heavy atom. The summed E-state index contributed by atoms with van der Waals surface area (Å²) in [7, 11) is -4.26. The minimum atomic E-state index is -4.26. The Kier molecular flexibility index (Phi) is 13.1. The SMILES string of the molecule is CCCCCCCCCCCCCCO[Si](O)(O)O. The lowest BCUT2D eigenvalue weighted by Gasteiger charge is -2.09. The van der Waals surface area contributed by atoms with Gasteiger partial charge in [0.25, 0.3) is 0 Å². The summed E-state index contributed by atoms with van der Waals surface area (Å²) in [5.41, 5.74) is 0. The Bertz CT molecular complexity index is 183. The van der Waals surface area contributed by atoms with Crippen LogP contribution in [0.15, 0.2) is 0 Å². The van der Waals surface area contributed by atoms with E-state index in [0.717, 1.165) is 19.3 Å². The standard InChI is InChI=1S/C14H32O4Si/c1-2-3-4-5-6-7-8-9-10-11-12-13-14-18-19(15,16)17/h15-17H,2-14H2,1H3. The van der Waals surface area contributed by atoms with E-state index in [1.165, 1.54) is 57.8 Å². The van der Waals surface area contributed by atoms with E-state index in [2.05, 4.69) is 11.3 Å².